The van der Waals surface area contributed by atoms with E-state index in [1.165, 1.54) is 16.8 Å². The van der Waals surface area contributed by atoms with E-state index in [0.717, 1.165) is 39.1 Å². The van der Waals surface area contributed by atoms with Crippen LogP contribution in [0.1, 0.15) is 23.6 Å². The lowest BCUT2D eigenvalue weighted by Gasteiger charge is -2.39. The second-order valence-corrected chi connectivity index (χ2v) is 8.59. The van der Waals surface area contributed by atoms with Gasteiger partial charge in [0.05, 0.1) is 6.04 Å². The Balaban J connectivity index is 1.26. The molecule has 0 atom stereocenters. The summed E-state index contributed by atoms with van der Waals surface area (Å²) in [6.07, 6.45) is 0.918. The van der Waals surface area contributed by atoms with Gasteiger partial charge in [0.25, 0.3) is 0 Å². The van der Waals surface area contributed by atoms with Crippen LogP contribution in [0.25, 0.3) is 0 Å². The Labute approximate surface area is 197 Å². The van der Waals surface area contributed by atoms with Gasteiger partial charge in [0.2, 0.25) is 0 Å². The zero-order valence-corrected chi connectivity index (χ0v) is 19.4. The van der Waals surface area contributed by atoms with E-state index < -0.39 is 0 Å². The lowest BCUT2D eigenvalue weighted by Crippen LogP contribution is -2.52. The molecule has 5 heteroatoms. The van der Waals surface area contributed by atoms with Gasteiger partial charge in [-0.2, -0.15) is 0 Å². The highest BCUT2D eigenvalue weighted by atomic mass is 16.2. The summed E-state index contributed by atoms with van der Waals surface area (Å²) in [5, 5.41) is 3.11. The van der Waals surface area contributed by atoms with Crippen molar-refractivity contribution in [2.45, 2.75) is 12.5 Å². The largest absolute Gasteiger partial charge is 0.375 e. The standard InChI is InChI=1S/C28H34N4O/c1-30(26-16-9-4-10-17-26)19-11-18-29-28(33)32-22-20-31(21-23-32)27(24-12-5-2-6-13-24)25-14-7-3-8-15-25/h2-10,12-17,27H,11,18-23H2,1H3,(H,29,33). The summed E-state index contributed by atoms with van der Waals surface area (Å²) in [6.45, 7) is 4.80. The number of para-hydroxylation sites is 1. The summed E-state index contributed by atoms with van der Waals surface area (Å²) >= 11 is 0. The Morgan fingerprint density at radius 2 is 1.33 bits per heavy atom. The third-order valence-electron chi connectivity index (χ3n) is 6.34. The fraction of sp³-hybridized carbons (Fsp3) is 0.321. The smallest absolute Gasteiger partial charge is 0.317 e. The van der Waals surface area contributed by atoms with Crippen LogP contribution in [0.15, 0.2) is 91.0 Å². The van der Waals surface area contributed by atoms with Crippen LogP contribution in [0, 0.1) is 0 Å². The number of carbonyl (C=O) groups is 1. The molecular weight excluding hydrogens is 408 g/mol. The Hall–Kier alpha value is -3.31. The Morgan fingerprint density at radius 1 is 0.818 bits per heavy atom. The minimum atomic E-state index is 0.0491. The topological polar surface area (TPSA) is 38.8 Å². The molecule has 0 saturated carbocycles. The molecule has 3 aromatic carbocycles. The average molecular weight is 443 g/mol. The molecule has 1 saturated heterocycles. The van der Waals surface area contributed by atoms with Crippen molar-refractivity contribution in [3.8, 4) is 0 Å². The van der Waals surface area contributed by atoms with Crippen molar-refractivity contribution >= 4 is 11.7 Å². The minimum Gasteiger partial charge on any atom is -0.375 e. The van der Waals surface area contributed by atoms with Crippen LogP contribution in [0.5, 0.6) is 0 Å². The van der Waals surface area contributed by atoms with Crippen LogP contribution in [-0.4, -0.2) is 62.1 Å². The number of anilines is 1. The molecule has 1 heterocycles. The molecule has 4 rings (SSSR count). The summed E-state index contributed by atoms with van der Waals surface area (Å²) in [5.41, 5.74) is 3.79. The molecule has 0 bridgehead atoms. The number of rotatable bonds is 8. The number of nitrogens with one attached hydrogen (secondary N) is 1. The SMILES string of the molecule is CN(CCCNC(=O)N1CCN(C(c2ccccc2)c2ccccc2)CC1)c1ccccc1. The number of hydrogen-bond acceptors (Lipinski definition) is 3. The highest BCUT2D eigenvalue weighted by molar-refractivity contribution is 5.74. The first-order valence-electron chi connectivity index (χ1n) is 11.9. The van der Waals surface area contributed by atoms with Gasteiger partial charge in [0, 0.05) is 52.0 Å². The van der Waals surface area contributed by atoms with Gasteiger partial charge in [-0.1, -0.05) is 78.9 Å². The number of nitrogens with zero attached hydrogens (tertiary/aromatic N) is 3. The molecule has 0 unspecified atom stereocenters. The van der Waals surface area contributed by atoms with Gasteiger partial charge in [-0.25, -0.2) is 4.79 Å². The van der Waals surface area contributed by atoms with Crippen molar-refractivity contribution in [3.63, 3.8) is 0 Å². The van der Waals surface area contributed by atoms with Crippen molar-refractivity contribution in [1.82, 2.24) is 15.1 Å². The number of amides is 2. The van der Waals surface area contributed by atoms with Crippen molar-refractivity contribution in [3.05, 3.63) is 102 Å². The minimum absolute atomic E-state index is 0.0491. The molecule has 33 heavy (non-hydrogen) atoms. The molecule has 0 radical (unpaired) electrons. The number of urea groups is 1. The van der Waals surface area contributed by atoms with Gasteiger partial charge >= 0.3 is 6.03 Å². The summed E-state index contributed by atoms with van der Waals surface area (Å²) < 4.78 is 0. The molecule has 5 nitrogen and oxygen atoms in total. The highest BCUT2D eigenvalue weighted by Crippen LogP contribution is 2.29. The van der Waals surface area contributed by atoms with Crippen LogP contribution in [-0.2, 0) is 0 Å². The van der Waals surface area contributed by atoms with Crippen LogP contribution in [0.3, 0.4) is 0 Å². The van der Waals surface area contributed by atoms with Gasteiger partial charge in [-0.3, -0.25) is 4.90 Å². The van der Waals surface area contributed by atoms with E-state index in [1.807, 2.05) is 23.1 Å². The van der Waals surface area contributed by atoms with Crippen molar-refractivity contribution in [1.29, 1.82) is 0 Å². The van der Waals surface area contributed by atoms with Crippen LogP contribution >= 0.6 is 0 Å². The zero-order chi connectivity index (χ0) is 22.9. The van der Waals surface area contributed by atoms with Gasteiger partial charge < -0.3 is 15.1 Å². The molecule has 0 aromatic heterocycles. The van der Waals surface area contributed by atoms with E-state index in [-0.39, 0.29) is 12.1 Å². The second kappa shape index (κ2) is 11.5. The normalized spacial score (nSPS) is 14.3. The van der Waals surface area contributed by atoms with E-state index in [4.69, 9.17) is 0 Å². The second-order valence-electron chi connectivity index (χ2n) is 8.59. The van der Waals surface area contributed by atoms with Crippen molar-refractivity contribution < 1.29 is 4.79 Å². The summed E-state index contributed by atoms with van der Waals surface area (Å²) in [4.78, 5) is 19.4. The van der Waals surface area contributed by atoms with Crippen LogP contribution in [0.4, 0.5) is 10.5 Å². The van der Waals surface area contributed by atoms with E-state index in [1.54, 1.807) is 0 Å². The maximum absolute atomic E-state index is 12.7. The fourth-order valence-corrected chi connectivity index (χ4v) is 4.50. The predicted octanol–water partition coefficient (Wildman–Crippen LogP) is 4.63. The molecule has 1 aliphatic rings. The first-order valence-corrected chi connectivity index (χ1v) is 11.9. The molecule has 1 aliphatic heterocycles. The lowest BCUT2D eigenvalue weighted by atomic mass is 9.96. The molecule has 3 aromatic rings. The number of hydrogen-bond donors (Lipinski definition) is 1. The Kier molecular flexibility index (Phi) is 7.99. The number of benzene rings is 3. The van der Waals surface area contributed by atoms with Gasteiger partial charge in [-0.15, -0.1) is 0 Å². The van der Waals surface area contributed by atoms with Crippen LogP contribution < -0.4 is 10.2 Å². The monoisotopic (exact) mass is 442 g/mol. The first-order chi connectivity index (χ1) is 16.2. The molecule has 1 fully saturated rings. The zero-order valence-electron chi connectivity index (χ0n) is 19.4. The van der Waals surface area contributed by atoms with E-state index in [9.17, 15) is 4.79 Å². The molecule has 0 aliphatic carbocycles. The van der Waals surface area contributed by atoms with E-state index in [2.05, 4.69) is 95.0 Å². The molecule has 172 valence electrons. The molecular formula is C28H34N4O. The van der Waals surface area contributed by atoms with Gasteiger partial charge in [0.15, 0.2) is 0 Å². The molecule has 1 N–H and O–H groups in total. The van der Waals surface area contributed by atoms with Crippen molar-refractivity contribution in [2.75, 3.05) is 51.2 Å². The quantitative estimate of drug-likeness (QED) is 0.517. The maximum atomic E-state index is 12.7. The summed E-state index contributed by atoms with van der Waals surface area (Å²) in [6, 6.07) is 31.9. The summed E-state index contributed by atoms with van der Waals surface area (Å²) in [5.74, 6) is 0. The maximum Gasteiger partial charge on any atom is 0.317 e. The lowest BCUT2D eigenvalue weighted by molar-refractivity contribution is 0.120. The number of piperazine rings is 1. The third-order valence-corrected chi connectivity index (χ3v) is 6.34. The van der Waals surface area contributed by atoms with Crippen molar-refractivity contribution in [2.24, 2.45) is 0 Å². The average Bonchev–Trinajstić information content (AvgIpc) is 2.89. The van der Waals surface area contributed by atoms with Gasteiger partial charge in [0.1, 0.15) is 0 Å². The van der Waals surface area contributed by atoms with Crippen LogP contribution in [0.2, 0.25) is 0 Å². The number of carbonyl (C=O) groups excluding carboxylic acids is 1. The van der Waals surface area contributed by atoms with E-state index in [0.29, 0.717) is 6.54 Å². The predicted molar refractivity (Wildman–Crippen MR) is 136 cm³/mol. The third kappa shape index (κ3) is 6.14. The van der Waals surface area contributed by atoms with E-state index >= 15 is 0 Å². The highest BCUT2D eigenvalue weighted by Gasteiger charge is 2.27. The first kappa shape index (κ1) is 22.9. The molecule has 2 amide bonds. The fourth-order valence-electron chi connectivity index (χ4n) is 4.50. The Bertz CT molecular complexity index is 933. The Morgan fingerprint density at radius 3 is 1.88 bits per heavy atom. The van der Waals surface area contributed by atoms with Gasteiger partial charge in [-0.05, 0) is 29.7 Å². The molecule has 0 spiro atoms. The summed E-state index contributed by atoms with van der Waals surface area (Å²) in [7, 11) is 2.09.